The number of hydrogen-bond acceptors (Lipinski definition) is 5. The molecule has 1 N–H and O–H groups in total. The van der Waals surface area contributed by atoms with Crippen LogP contribution in [-0.2, 0) is 9.59 Å². The molecule has 21 heavy (non-hydrogen) atoms. The number of aromatic nitrogens is 2. The fourth-order valence-corrected chi connectivity index (χ4v) is 3.18. The second-order valence-corrected chi connectivity index (χ2v) is 6.60. The molecule has 1 saturated heterocycles. The molecule has 114 valence electrons. The van der Waals surface area contributed by atoms with E-state index in [0.717, 1.165) is 11.4 Å². The highest BCUT2D eigenvalue weighted by molar-refractivity contribution is 7.99. The first-order chi connectivity index (χ1) is 9.80. The Bertz CT molecular complexity index is 558. The predicted octanol–water partition coefficient (Wildman–Crippen LogP) is 1.51. The van der Waals surface area contributed by atoms with Crippen LogP contribution in [0.25, 0.3) is 0 Å². The molecule has 0 bridgehead atoms. The number of aryl methyl sites for hydroxylation is 2. The van der Waals surface area contributed by atoms with E-state index in [1.165, 1.54) is 11.8 Å². The third kappa shape index (κ3) is 3.72. The first kappa shape index (κ1) is 15.8. The van der Waals surface area contributed by atoms with Crippen molar-refractivity contribution in [3.8, 4) is 0 Å². The van der Waals surface area contributed by atoms with Crippen molar-refractivity contribution in [1.29, 1.82) is 0 Å². The van der Waals surface area contributed by atoms with Gasteiger partial charge in [0.05, 0.1) is 11.2 Å². The van der Waals surface area contributed by atoms with Gasteiger partial charge in [0.15, 0.2) is 5.16 Å². The Labute approximate surface area is 128 Å². The van der Waals surface area contributed by atoms with Crippen molar-refractivity contribution >= 4 is 23.6 Å². The van der Waals surface area contributed by atoms with Gasteiger partial charge in [0.2, 0.25) is 5.91 Å². The number of carbonyl (C=O) groups is 2. The third-order valence-corrected chi connectivity index (χ3v) is 4.46. The molecular weight excluding hydrogens is 290 g/mol. The number of hydrogen-bond donors (Lipinski definition) is 1. The first-order valence-corrected chi connectivity index (χ1v) is 7.75. The molecule has 0 aromatic carbocycles. The summed E-state index contributed by atoms with van der Waals surface area (Å²) in [6.07, 6.45) is 0.499. The van der Waals surface area contributed by atoms with Gasteiger partial charge in [-0.3, -0.25) is 9.59 Å². The smallest absolute Gasteiger partial charge is 0.311 e. The van der Waals surface area contributed by atoms with E-state index >= 15 is 0 Å². The zero-order valence-electron chi connectivity index (χ0n) is 12.4. The molecule has 1 aliphatic heterocycles. The van der Waals surface area contributed by atoms with Gasteiger partial charge in [0.25, 0.3) is 0 Å². The summed E-state index contributed by atoms with van der Waals surface area (Å²) in [6, 6.07) is 1.88. The molecule has 1 fully saturated rings. The van der Waals surface area contributed by atoms with Gasteiger partial charge in [-0.05, 0) is 33.3 Å². The van der Waals surface area contributed by atoms with Crippen LogP contribution in [-0.4, -0.2) is 50.7 Å². The van der Waals surface area contributed by atoms with Crippen LogP contribution in [0.2, 0.25) is 0 Å². The number of nitrogens with zero attached hydrogens (tertiary/aromatic N) is 3. The van der Waals surface area contributed by atoms with Crippen molar-refractivity contribution in [2.45, 2.75) is 32.3 Å². The number of thioether (sulfide) groups is 1. The van der Waals surface area contributed by atoms with E-state index in [4.69, 9.17) is 0 Å². The SMILES string of the molecule is Cc1cc(C)nc(SCC(=O)N2CCC(C)(C(=O)O)C2)n1. The molecule has 7 heteroatoms. The zero-order chi connectivity index (χ0) is 15.6. The average Bonchev–Trinajstić information content (AvgIpc) is 2.79. The highest BCUT2D eigenvalue weighted by atomic mass is 32.2. The number of aliphatic carboxylic acids is 1. The van der Waals surface area contributed by atoms with Crippen LogP contribution in [0.1, 0.15) is 24.7 Å². The minimum Gasteiger partial charge on any atom is -0.481 e. The summed E-state index contributed by atoms with van der Waals surface area (Å²) in [5.41, 5.74) is 0.922. The Kier molecular flexibility index (Phi) is 4.51. The number of amides is 1. The molecule has 0 radical (unpaired) electrons. The maximum Gasteiger partial charge on any atom is 0.311 e. The minimum atomic E-state index is -0.844. The van der Waals surface area contributed by atoms with Gasteiger partial charge in [-0.15, -0.1) is 0 Å². The summed E-state index contributed by atoms with van der Waals surface area (Å²) < 4.78 is 0. The summed E-state index contributed by atoms with van der Waals surface area (Å²) in [5.74, 6) is -0.672. The Hall–Kier alpha value is -1.63. The number of likely N-dealkylation sites (tertiary alicyclic amines) is 1. The van der Waals surface area contributed by atoms with Gasteiger partial charge in [0, 0.05) is 24.5 Å². The van der Waals surface area contributed by atoms with E-state index < -0.39 is 11.4 Å². The van der Waals surface area contributed by atoms with E-state index in [1.807, 2.05) is 19.9 Å². The average molecular weight is 309 g/mol. The van der Waals surface area contributed by atoms with Crippen LogP contribution in [0.5, 0.6) is 0 Å². The summed E-state index contributed by atoms with van der Waals surface area (Å²) in [4.78, 5) is 33.5. The van der Waals surface area contributed by atoms with Gasteiger partial charge in [0.1, 0.15) is 0 Å². The molecule has 1 unspecified atom stereocenters. The molecule has 0 spiro atoms. The highest BCUT2D eigenvalue weighted by Gasteiger charge is 2.41. The normalized spacial score (nSPS) is 21.6. The van der Waals surface area contributed by atoms with Crippen molar-refractivity contribution in [1.82, 2.24) is 14.9 Å². The van der Waals surface area contributed by atoms with Crippen molar-refractivity contribution in [2.24, 2.45) is 5.41 Å². The predicted molar refractivity (Wildman–Crippen MR) is 79.2 cm³/mol. The summed E-state index contributed by atoms with van der Waals surface area (Å²) in [7, 11) is 0. The number of carboxylic acids is 1. The highest BCUT2D eigenvalue weighted by Crippen LogP contribution is 2.30. The maximum absolute atomic E-state index is 12.2. The summed E-state index contributed by atoms with van der Waals surface area (Å²) in [5, 5.41) is 9.76. The molecular formula is C14H19N3O3S. The molecule has 2 heterocycles. The van der Waals surface area contributed by atoms with Crippen LogP contribution >= 0.6 is 11.8 Å². The lowest BCUT2D eigenvalue weighted by molar-refractivity contribution is -0.147. The van der Waals surface area contributed by atoms with Gasteiger partial charge in [-0.2, -0.15) is 0 Å². The molecule has 1 aromatic rings. The topological polar surface area (TPSA) is 83.4 Å². The maximum atomic E-state index is 12.2. The van der Waals surface area contributed by atoms with Gasteiger partial charge < -0.3 is 10.0 Å². The van der Waals surface area contributed by atoms with Crippen LogP contribution in [0, 0.1) is 19.3 Å². The monoisotopic (exact) mass is 309 g/mol. The molecule has 0 aliphatic carbocycles. The number of carboxylic acid groups (broad SMARTS) is 1. The Balaban J connectivity index is 1.92. The molecule has 2 rings (SSSR count). The quantitative estimate of drug-likeness (QED) is 0.670. The standard InChI is InChI=1S/C14H19N3O3S/c1-9-6-10(2)16-13(15-9)21-7-11(18)17-5-4-14(3,8-17)12(19)20/h6H,4-5,7-8H2,1-3H3,(H,19,20). The molecule has 1 aliphatic rings. The first-order valence-electron chi connectivity index (χ1n) is 6.76. The Morgan fingerprint density at radius 3 is 2.52 bits per heavy atom. The van der Waals surface area contributed by atoms with Crippen molar-refractivity contribution in [3.05, 3.63) is 17.5 Å². The van der Waals surface area contributed by atoms with E-state index in [-0.39, 0.29) is 18.2 Å². The summed E-state index contributed by atoms with van der Waals surface area (Å²) in [6.45, 7) is 6.23. The number of rotatable bonds is 4. The van der Waals surface area contributed by atoms with Crippen LogP contribution in [0.15, 0.2) is 11.2 Å². The fraction of sp³-hybridized carbons (Fsp3) is 0.571. The van der Waals surface area contributed by atoms with E-state index in [0.29, 0.717) is 18.1 Å². The van der Waals surface area contributed by atoms with Gasteiger partial charge >= 0.3 is 5.97 Å². The van der Waals surface area contributed by atoms with Crippen LogP contribution in [0.4, 0.5) is 0 Å². The van der Waals surface area contributed by atoms with Crippen LogP contribution in [0.3, 0.4) is 0 Å². The molecule has 1 aromatic heterocycles. The Morgan fingerprint density at radius 2 is 2.00 bits per heavy atom. The van der Waals surface area contributed by atoms with Crippen molar-refractivity contribution in [3.63, 3.8) is 0 Å². The largest absolute Gasteiger partial charge is 0.481 e. The lowest BCUT2D eigenvalue weighted by atomic mass is 9.90. The zero-order valence-corrected chi connectivity index (χ0v) is 13.2. The molecule has 0 saturated carbocycles. The minimum absolute atomic E-state index is 0.0623. The fourth-order valence-electron chi connectivity index (χ4n) is 2.32. The summed E-state index contributed by atoms with van der Waals surface area (Å²) >= 11 is 1.29. The van der Waals surface area contributed by atoms with E-state index in [9.17, 15) is 14.7 Å². The van der Waals surface area contributed by atoms with Gasteiger partial charge in [-0.1, -0.05) is 11.8 Å². The van der Waals surface area contributed by atoms with E-state index in [2.05, 4.69) is 9.97 Å². The second kappa shape index (κ2) is 6.01. The lowest BCUT2D eigenvalue weighted by Crippen LogP contribution is -2.35. The molecule has 1 amide bonds. The van der Waals surface area contributed by atoms with Crippen molar-refractivity contribution < 1.29 is 14.7 Å². The van der Waals surface area contributed by atoms with Crippen LogP contribution < -0.4 is 0 Å². The van der Waals surface area contributed by atoms with Gasteiger partial charge in [-0.25, -0.2) is 9.97 Å². The molecule has 1 atom stereocenters. The Morgan fingerprint density at radius 1 is 1.38 bits per heavy atom. The second-order valence-electron chi connectivity index (χ2n) is 5.65. The third-order valence-electron chi connectivity index (χ3n) is 3.63. The van der Waals surface area contributed by atoms with Crippen molar-refractivity contribution in [2.75, 3.05) is 18.8 Å². The van der Waals surface area contributed by atoms with E-state index in [1.54, 1.807) is 11.8 Å². The number of carbonyl (C=O) groups excluding carboxylic acids is 1. The lowest BCUT2D eigenvalue weighted by Gasteiger charge is -2.19. The molecule has 6 nitrogen and oxygen atoms in total.